The molecule has 1 aromatic carbocycles. The maximum absolute atomic E-state index is 12.3. The van der Waals surface area contributed by atoms with Crippen LogP contribution in [0.4, 0.5) is 16.3 Å². The van der Waals surface area contributed by atoms with Gasteiger partial charge in [-0.05, 0) is 39.0 Å². The molecule has 0 saturated heterocycles. The van der Waals surface area contributed by atoms with Crippen LogP contribution in [0, 0.1) is 0 Å². The lowest BCUT2D eigenvalue weighted by molar-refractivity contribution is -0.123. The summed E-state index contributed by atoms with van der Waals surface area (Å²) in [5, 5.41) is 9.16. The van der Waals surface area contributed by atoms with Gasteiger partial charge in [0.15, 0.2) is 6.10 Å². The molecular weight excluding hydrogens is 338 g/mol. The molecule has 0 radical (unpaired) electrons. The Morgan fingerprint density at radius 2 is 1.88 bits per heavy atom. The fourth-order valence-corrected chi connectivity index (χ4v) is 2.20. The van der Waals surface area contributed by atoms with Crippen LogP contribution < -0.4 is 16.4 Å². The molecular formula is C17H21N5O4. The standard InChI is InChI=1S/C17H21N5O4/c1-10(2)22-14(7-8-19-22)21-15(23)11(3)26-16(24)12-5-4-6-13(9-12)20-17(18)25/h4-11H,1-3H3,(H,21,23)(H3,18,20,25)/t11-/m1/s1. The van der Waals surface area contributed by atoms with Gasteiger partial charge in [0.25, 0.3) is 5.91 Å². The topological polar surface area (TPSA) is 128 Å². The third kappa shape index (κ3) is 4.82. The van der Waals surface area contributed by atoms with Gasteiger partial charge < -0.3 is 21.1 Å². The van der Waals surface area contributed by atoms with Gasteiger partial charge in [0.1, 0.15) is 5.82 Å². The summed E-state index contributed by atoms with van der Waals surface area (Å²) in [7, 11) is 0. The number of ether oxygens (including phenoxy) is 1. The van der Waals surface area contributed by atoms with Gasteiger partial charge in [-0.15, -0.1) is 0 Å². The van der Waals surface area contributed by atoms with E-state index in [9.17, 15) is 14.4 Å². The first-order valence-electron chi connectivity index (χ1n) is 7.99. The second kappa shape index (κ2) is 8.15. The summed E-state index contributed by atoms with van der Waals surface area (Å²) >= 11 is 0. The van der Waals surface area contributed by atoms with Gasteiger partial charge in [-0.2, -0.15) is 5.10 Å². The average Bonchev–Trinajstić information content (AvgIpc) is 3.02. The Kier molecular flexibility index (Phi) is 5.94. The smallest absolute Gasteiger partial charge is 0.338 e. The molecule has 0 saturated carbocycles. The summed E-state index contributed by atoms with van der Waals surface area (Å²) < 4.78 is 6.83. The normalized spacial score (nSPS) is 11.7. The highest BCUT2D eigenvalue weighted by Gasteiger charge is 2.21. The molecule has 0 aliphatic carbocycles. The minimum Gasteiger partial charge on any atom is -0.449 e. The number of rotatable bonds is 6. The Morgan fingerprint density at radius 3 is 2.54 bits per heavy atom. The number of nitrogens with two attached hydrogens (primary N) is 1. The van der Waals surface area contributed by atoms with Gasteiger partial charge in [0.05, 0.1) is 11.8 Å². The number of carbonyl (C=O) groups is 3. The summed E-state index contributed by atoms with van der Waals surface area (Å²) in [5.74, 6) is -0.661. The molecule has 0 aliphatic heterocycles. The van der Waals surface area contributed by atoms with E-state index in [4.69, 9.17) is 10.5 Å². The molecule has 0 spiro atoms. The molecule has 2 rings (SSSR count). The largest absolute Gasteiger partial charge is 0.449 e. The van der Waals surface area contributed by atoms with Gasteiger partial charge >= 0.3 is 12.0 Å². The first kappa shape index (κ1) is 19.0. The van der Waals surface area contributed by atoms with Crippen LogP contribution in [0.3, 0.4) is 0 Å². The molecule has 0 fully saturated rings. The summed E-state index contributed by atoms with van der Waals surface area (Å²) in [6.07, 6.45) is 0.551. The van der Waals surface area contributed by atoms with E-state index >= 15 is 0 Å². The van der Waals surface area contributed by atoms with Gasteiger partial charge in [-0.1, -0.05) is 6.07 Å². The fourth-order valence-electron chi connectivity index (χ4n) is 2.20. The maximum atomic E-state index is 12.3. The minimum absolute atomic E-state index is 0.0682. The number of hydrogen-bond acceptors (Lipinski definition) is 5. The summed E-state index contributed by atoms with van der Waals surface area (Å²) in [6.45, 7) is 5.33. The maximum Gasteiger partial charge on any atom is 0.338 e. The molecule has 26 heavy (non-hydrogen) atoms. The summed E-state index contributed by atoms with van der Waals surface area (Å²) in [4.78, 5) is 35.4. The molecule has 1 heterocycles. The molecule has 0 bridgehead atoms. The quantitative estimate of drug-likeness (QED) is 0.681. The van der Waals surface area contributed by atoms with Crippen LogP contribution >= 0.6 is 0 Å². The molecule has 0 unspecified atom stereocenters. The molecule has 0 aliphatic rings. The number of amides is 3. The second-order valence-electron chi connectivity index (χ2n) is 5.86. The second-order valence-corrected chi connectivity index (χ2v) is 5.86. The highest BCUT2D eigenvalue weighted by molar-refractivity contribution is 5.97. The van der Waals surface area contributed by atoms with Crippen molar-refractivity contribution in [1.82, 2.24) is 9.78 Å². The molecule has 4 N–H and O–H groups in total. The number of nitrogens with one attached hydrogen (secondary N) is 2. The van der Waals surface area contributed by atoms with Crippen LogP contribution in [0.1, 0.15) is 37.2 Å². The number of aromatic nitrogens is 2. The Bertz CT molecular complexity index is 815. The Hall–Kier alpha value is -3.36. The van der Waals surface area contributed by atoms with E-state index in [0.29, 0.717) is 11.5 Å². The lowest BCUT2D eigenvalue weighted by Gasteiger charge is -2.16. The first-order valence-corrected chi connectivity index (χ1v) is 7.99. The van der Waals surface area contributed by atoms with Crippen molar-refractivity contribution in [2.45, 2.75) is 32.9 Å². The molecule has 9 nitrogen and oxygen atoms in total. The van der Waals surface area contributed by atoms with E-state index in [2.05, 4.69) is 15.7 Å². The number of nitrogens with zero attached hydrogens (tertiary/aromatic N) is 2. The van der Waals surface area contributed by atoms with Gasteiger partial charge in [-0.25, -0.2) is 14.3 Å². The highest BCUT2D eigenvalue weighted by Crippen LogP contribution is 2.15. The Balaban J connectivity index is 2.01. The number of primary amides is 1. The van der Waals surface area contributed by atoms with Crippen LogP contribution in [-0.2, 0) is 9.53 Å². The molecule has 9 heteroatoms. The monoisotopic (exact) mass is 359 g/mol. The van der Waals surface area contributed by atoms with E-state index in [1.807, 2.05) is 13.8 Å². The predicted molar refractivity (Wildman–Crippen MR) is 95.8 cm³/mol. The van der Waals surface area contributed by atoms with Crippen molar-refractivity contribution in [3.05, 3.63) is 42.1 Å². The number of hydrogen-bond donors (Lipinski definition) is 3. The van der Waals surface area contributed by atoms with Crippen LogP contribution in [0.2, 0.25) is 0 Å². The van der Waals surface area contributed by atoms with Crippen molar-refractivity contribution in [3.8, 4) is 0 Å². The zero-order valence-corrected chi connectivity index (χ0v) is 14.7. The SMILES string of the molecule is CC(C)n1nccc1NC(=O)[C@@H](C)OC(=O)c1cccc(NC(N)=O)c1. The third-order valence-electron chi connectivity index (χ3n) is 3.43. The van der Waals surface area contributed by atoms with Crippen molar-refractivity contribution in [3.63, 3.8) is 0 Å². The lowest BCUT2D eigenvalue weighted by Crippen LogP contribution is -2.31. The van der Waals surface area contributed by atoms with Crippen LogP contribution in [-0.4, -0.2) is 33.8 Å². The lowest BCUT2D eigenvalue weighted by atomic mass is 10.2. The van der Waals surface area contributed by atoms with Gasteiger partial charge in [0.2, 0.25) is 0 Å². The highest BCUT2D eigenvalue weighted by atomic mass is 16.5. The third-order valence-corrected chi connectivity index (χ3v) is 3.43. The zero-order chi connectivity index (χ0) is 19.3. The summed E-state index contributed by atoms with van der Waals surface area (Å²) in [6, 6.07) is 7.03. The molecule has 1 atom stereocenters. The summed E-state index contributed by atoms with van der Waals surface area (Å²) in [5.41, 5.74) is 5.58. The molecule has 3 amide bonds. The number of anilines is 2. The zero-order valence-electron chi connectivity index (χ0n) is 14.7. The number of carbonyl (C=O) groups excluding carboxylic acids is 3. The number of benzene rings is 1. The molecule has 138 valence electrons. The fraction of sp³-hybridized carbons (Fsp3) is 0.294. The van der Waals surface area contributed by atoms with Gasteiger partial charge in [-0.3, -0.25) is 4.79 Å². The Morgan fingerprint density at radius 1 is 1.15 bits per heavy atom. The van der Waals surface area contributed by atoms with E-state index in [1.165, 1.54) is 19.1 Å². The van der Waals surface area contributed by atoms with E-state index in [-0.39, 0.29) is 11.6 Å². The van der Waals surface area contributed by atoms with Gasteiger partial charge in [0, 0.05) is 17.8 Å². The molecule has 2 aromatic rings. The average molecular weight is 359 g/mol. The minimum atomic E-state index is -1.02. The van der Waals surface area contributed by atoms with Crippen LogP contribution in [0.5, 0.6) is 0 Å². The van der Waals surface area contributed by atoms with Crippen molar-refractivity contribution in [2.24, 2.45) is 5.73 Å². The van der Waals surface area contributed by atoms with E-state index in [0.717, 1.165) is 0 Å². The van der Waals surface area contributed by atoms with Crippen LogP contribution in [0.25, 0.3) is 0 Å². The van der Waals surface area contributed by atoms with Crippen molar-refractivity contribution in [1.29, 1.82) is 0 Å². The van der Waals surface area contributed by atoms with Crippen molar-refractivity contribution >= 4 is 29.4 Å². The number of urea groups is 1. The van der Waals surface area contributed by atoms with E-state index < -0.39 is 24.0 Å². The first-order chi connectivity index (χ1) is 12.3. The van der Waals surface area contributed by atoms with E-state index in [1.54, 1.807) is 29.1 Å². The molecule has 1 aromatic heterocycles. The Labute approximate surface area is 150 Å². The van der Waals surface area contributed by atoms with Crippen molar-refractivity contribution in [2.75, 3.05) is 10.6 Å². The van der Waals surface area contributed by atoms with Crippen LogP contribution in [0.15, 0.2) is 36.5 Å². The number of esters is 1. The predicted octanol–water partition coefficient (Wildman–Crippen LogP) is 2.14. The van der Waals surface area contributed by atoms with Crippen molar-refractivity contribution < 1.29 is 19.1 Å².